The molecule has 0 bridgehead atoms. The van der Waals surface area contributed by atoms with Gasteiger partial charge in [0.25, 0.3) is 0 Å². The number of fused-ring (bicyclic) bond motifs is 1. The lowest BCUT2D eigenvalue weighted by molar-refractivity contribution is 0.613. The van der Waals surface area contributed by atoms with Crippen LogP contribution in [0.3, 0.4) is 0 Å². The van der Waals surface area contributed by atoms with Crippen LogP contribution in [0, 0.1) is 5.82 Å². The summed E-state index contributed by atoms with van der Waals surface area (Å²) in [5.74, 6) is -0.0915. The molecule has 1 aromatic carbocycles. The molecule has 0 heterocycles. The number of halogens is 1. The minimum atomic E-state index is -0.0915. The number of hydrogen-bond donors (Lipinski definition) is 0. The molecule has 1 aliphatic rings. The zero-order valence-corrected chi connectivity index (χ0v) is 6.97. The number of nitrogens with zero attached hydrogens (tertiary/aromatic N) is 1. The van der Waals surface area contributed by atoms with E-state index in [1.165, 1.54) is 6.07 Å². The summed E-state index contributed by atoms with van der Waals surface area (Å²) < 4.78 is 13.1. The molecule has 0 N–H and O–H groups in total. The number of aliphatic imine (C=N–C) groups is 1. The Morgan fingerprint density at radius 2 is 2.17 bits per heavy atom. The van der Waals surface area contributed by atoms with Crippen molar-refractivity contribution in [3.63, 3.8) is 0 Å². The lowest BCUT2D eigenvalue weighted by Crippen LogP contribution is -1.94. The number of rotatable bonds is 0. The van der Waals surface area contributed by atoms with Crippen LogP contribution >= 0.6 is 0 Å². The van der Waals surface area contributed by atoms with E-state index in [1.54, 1.807) is 13.1 Å². The van der Waals surface area contributed by atoms with E-state index >= 15 is 0 Å². The molecule has 12 heavy (non-hydrogen) atoms. The molecular formula is C10H10FN. The summed E-state index contributed by atoms with van der Waals surface area (Å²) >= 11 is 0. The van der Waals surface area contributed by atoms with Crippen molar-refractivity contribution in [3.8, 4) is 0 Å². The van der Waals surface area contributed by atoms with Crippen LogP contribution in [0.25, 0.3) is 0 Å². The molecule has 0 aromatic heterocycles. The first-order chi connectivity index (χ1) is 5.83. The van der Waals surface area contributed by atoms with E-state index in [9.17, 15) is 4.39 Å². The second kappa shape index (κ2) is 2.70. The Kier molecular flexibility index (Phi) is 1.68. The molecule has 0 atom stereocenters. The van der Waals surface area contributed by atoms with Crippen molar-refractivity contribution in [2.75, 3.05) is 7.05 Å². The molecule has 0 spiro atoms. The van der Waals surface area contributed by atoms with Gasteiger partial charge >= 0.3 is 0 Å². The molecule has 1 aliphatic carbocycles. The molecule has 0 amide bonds. The van der Waals surface area contributed by atoms with Crippen LogP contribution in [0.1, 0.15) is 17.5 Å². The largest absolute Gasteiger partial charge is 0.292 e. The van der Waals surface area contributed by atoms with Crippen LogP contribution in [0.5, 0.6) is 0 Å². The lowest BCUT2D eigenvalue weighted by atomic mass is 10.1. The Hall–Kier alpha value is -1.18. The summed E-state index contributed by atoms with van der Waals surface area (Å²) in [7, 11) is 1.76. The molecule has 2 heteroatoms. The van der Waals surface area contributed by atoms with Crippen LogP contribution in [-0.4, -0.2) is 12.8 Å². The molecule has 0 saturated heterocycles. The highest BCUT2D eigenvalue weighted by molar-refractivity contribution is 6.04. The fraction of sp³-hybridized carbons (Fsp3) is 0.300. The van der Waals surface area contributed by atoms with Crippen LogP contribution in [0.2, 0.25) is 0 Å². The van der Waals surface area contributed by atoms with Gasteiger partial charge in [-0.1, -0.05) is 12.1 Å². The molecule has 1 aromatic rings. The Balaban J connectivity index is 2.61. The molecular weight excluding hydrogens is 153 g/mol. The van der Waals surface area contributed by atoms with E-state index in [0.29, 0.717) is 0 Å². The van der Waals surface area contributed by atoms with Gasteiger partial charge in [0.1, 0.15) is 5.82 Å². The Morgan fingerprint density at radius 1 is 1.33 bits per heavy atom. The van der Waals surface area contributed by atoms with Crippen molar-refractivity contribution in [1.29, 1.82) is 0 Å². The van der Waals surface area contributed by atoms with E-state index in [4.69, 9.17) is 0 Å². The van der Waals surface area contributed by atoms with E-state index in [-0.39, 0.29) is 5.82 Å². The third-order valence-electron chi connectivity index (χ3n) is 2.31. The van der Waals surface area contributed by atoms with E-state index in [1.807, 2.05) is 6.07 Å². The average Bonchev–Trinajstić information content (AvgIpc) is 2.49. The first kappa shape index (κ1) is 7.47. The standard InChI is InChI=1S/C10H10FN/c1-12-10-6-5-7-8(10)3-2-4-9(7)11/h2-4H,5-6H2,1H3. The normalized spacial score (nSPS) is 18.3. The molecule has 0 fully saturated rings. The zero-order chi connectivity index (χ0) is 8.55. The van der Waals surface area contributed by atoms with Gasteiger partial charge in [-0.15, -0.1) is 0 Å². The molecule has 1 nitrogen and oxygen atoms in total. The highest BCUT2D eigenvalue weighted by Gasteiger charge is 2.19. The summed E-state index contributed by atoms with van der Waals surface area (Å²) in [5.41, 5.74) is 2.86. The van der Waals surface area contributed by atoms with E-state index < -0.39 is 0 Å². The minimum Gasteiger partial charge on any atom is -0.292 e. The summed E-state index contributed by atoms with van der Waals surface area (Å²) in [4.78, 5) is 4.12. The summed E-state index contributed by atoms with van der Waals surface area (Å²) in [6, 6.07) is 5.19. The van der Waals surface area contributed by atoms with Crippen molar-refractivity contribution in [3.05, 3.63) is 35.1 Å². The molecule has 0 unspecified atom stereocenters. The van der Waals surface area contributed by atoms with Gasteiger partial charge in [0.15, 0.2) is 0 Å². The van der Waals surface area contributed by atoms with Gasteiger partial charge in [-0.2, -0.15) is 0 Å². The summed E-state index contributed by atoms with van der Waals surface area (Å²) in [6.45, 7) is 0. The topological polar surface area (TPSA) is 12.4 Å². The highest BCUT2D eigenvalue weighted by atomic mass is 19.1. The number of benzene rings is 1. The maximum atomic E-state index is 13.1. The van der Waals surface area contributed by atoms with Crippen molar-refractivity contribution in [2.45, 2.75) is 12.8 Å². The van der Waals surface area contributed by atoms with Gasteiger partial charge in [-0.25, -0.2) is 4.39 Å². The summed E-state index contributed by atoms with van der Waals surface area (Å²) in [6.07, 6.45) is 1.68. The third-order valence-corrected chi connectivity index (χ3v) is 2.31. The van der Waals surface area contributed by atoms with Gasteiger partial charge in [0.2, 0.25) is 0 Å². The molecule has 0 radical (unpaired) electrons. The van der Waals surface area contributed by atoms with Gasteiger partial charge in [0, 0.05) is 18.3 Å². The van der Waals surface area contributed by atoms with Gasteiger partial charge < -0.3 is 0 Å². The first-order valence-electron chi connectivity index (χ1n) is 4.06. The third kappa shape index (κ3) is 0.951. The van der Waals surface area contributed by atoms with Gasteiger partial charge in [0.05, 0.1) is 0 Å². The fourth-order valence-electron chi connectivity index (χ4n) is 1.69. The second-order valence-electron chi connectivity index (χ2n) is 2.94. The Morgan fingerprint density at radius 3 is 2.92 bits per heavy atom. The smallest absolute Gasteiger partial charge is 0.127 e. The van der Waals surface area contributed by atoms with Crippen LogP contribution in [0.15, 0.2) is 23.2 Å². The molecule has 62 valence electrons. The second-order valence-corrected chi connectivity index (χ2v) is 2.94. The molecule has 0 aliphatic heterocycles. The van der Waals surface area contributed by atoms with Crippen LogP contribution in [-0.2, 0) is 6.42 Å². The first-order valence-corrected chi connectivity index (χ1v) is 4.06. The SMILES string of the molecule is CN=C1CCc2c(F)cccc21. The van der Waals surface area contributed by atoms with Crippen molar-refractivity contribution in [1.82, 2.24) is 0 Å². The van der Waals surface area contributed by atoms with Crippen molar-refractivity contribution < 1.29 is 4.39 Å². The Labute approximate surface area is 70.9 Å². The van der Waals surface area contributed by atoms with Crippen molar-refractivity contribution in [2.24, 2.45) is 4.99 Å². The summed E-state index contributed by atoms with van der Waals surface area (Å²) in [5, 5.41) is 0. The van der Waals surface area contributed by atoms with Crippen LogP contribution < -0.4 is 0 Å². The number of hydrogen-bond acceptors (Lipinski definition) is 1. The van der Waals surface area contributed by atoms with Crippen molar-refractivity contribution >= 4 is 5.71 Å². The predicted molar refractivity (Wildman–Crippen MR) is 47.2 cm³/mol. The predicted octanol–water partition coefficient (Wildman–Crippen LogP) is 2.19. The maximum Gasteiger partial charge on any atom is 0.127 e. The lowest BCUT2D eigenvalue weighted by Gasteiger charge is -1.98. The highest BCUT2D eigenvalue weighted by Crippen LogP contribution is 2.24. The average molecular weight is 163 g/mol. The minimum absolute atomic E-state index is 0.0915. The van der Waals surface area contributed by atoms with Gasteiger partial charge in [-0.05, 0) is 24.5 Å². The molecule has 0 saturated carbocycles. The monoisotopic (exact) mass is 163 g/mol. The Bertz CT molecular complexity index is 342. The zero-order valence-electron chi connectivity index (χ0n) is 6.97. The van der Waals surface area contributed by atoms with E-state index in [0.717, 1.165) is 29.7 Å². The van der Waals surface area contributed by atoms with Crippen LogP contribution in [0.4, 0.5) is 4.39 Å². The van der Waals surface area contributed by atoms with Gasteiger partial charge in [-0.3, -0.25) is 4.99 Å². The molecule has 2 rings (SSSR count). The quantitative estimate of drug-likeness (QED) is 0.556. The fourth-order valence-corrected chi connectivity index (χ4v) is 1.69. The maximum absolute atomic E-state index is 13.1. The van der Waals surface area contributed by atoms with E-state index in [2.05, 4.69) is 4.99 Å².